The van der Waals surface area contributed by atoms with Gasteiger partial charge in [-0.05, 0) is 42.4 Å². The van der Waals surface area contributed by atoms with Gasteiger partial charge in [0.1, 0.15) is 5.82 Å². The summed E-state index contributed by atoms with van der Waals surface area (Å²) in [4.78, 5) is 2.13. The Morgan fingerprint density at radius 1 is 1.20 bits per heavy atom. The van der Waals surface area contributed by atoms with Crippen molar-refractivity contribution in [2.24, 2.45) is 0 Å². The molecule has 0 aliphatic rings. The van der Waals surface area contributed by atoms with E-state index in [1.165, 1.54) is 11.6 Å². The highest BCUT2D eigenvalue weighted by Crippen LogP contribution is 2.25. The van der Waals surface area contributed by atoms with Crippen molar-refractivity contribution in [1.29, 1.82) is 0 Å². The van der Waals surface area contributed by atoms with Gasteiger partial charge in [-0.3, -0.25) is 0 Å². The van der Waals surface area contributed by atoms with Crippen molar-refractivity contribution in [2.75, 3.05) is 19.0 Å². The molecule has 0 aliphatic carbocycles. The van der Waals surface area contributed by atoms with Crippen LogP contribution >= 0.6 is 15.9 Å². The number of hydrogen-bond donors (Lipinski definition) is 1. The Kier molecular flexibility index (Phi) is 5.15. The average molecular weight is 337 g/mol. The zero-order valence-corrected chi connectivity index (χ0v) is 13.2. The third-order valence-electron chi connectivity index (χ3n) is 3.13. The molecule has 2 rings (SSSR count). The number of halogens is 2. The summed E-state index contributed by atoms with van der Waals surface area (Å²) in [6.45, 7) is 1.47. The van der Waals surface area contributed by atoms with E-state index in [0.29, 0.717) is 6.54 Å². The molecule has 2 aromatic carbocycles. The standard InChI is InChI=1S/C16H18BrFN2/c1-19-10-13-6-7-14(17)9-16(13)20(2)11-12-4-3-5-15(18)8-12/h3-9,19H,10-11H2,1-2H3. The maximum absolute atomic E-state index is 13.2. The number of hydrogen-bond acceptors (Lipinski definition) is 2. The quantitative estimate of drug-likeness (QED) is 0.889. The highest BCUT2D eigenvalue weighted by Gasteiger charge is 2.09. The highest BCUT2D eigenvalue weighted by atomic mass is 79.9. The first-order chi connectivity index (χ1) is 9.60. The molecule has 2 aromatic rings. The molecule has 0 atom stereocenters. The van der Waals surface area contributed by atoms with Crippen molar-refractivity contribution in [1.82, 2.24) is 5.32 Å². The van der Waals surface area contributed by atoms with E-state index in [9.17, 15) is 4.39 Å². The molecule has 0 aromatic heterocycles. The van der Waals surface area contributed by atoms with Gasteiger partial charge < -0.3 is 10.2 Å². The van der Waals surface area contributed by atoms with Crippen LogP contribution in [0.5, 0.6) is 0 Å². The van der Waals surface area contributed by atoms with Crippen molar-refractivity contribution in [2.45, 2.75) is 13.1 Å². The molecule has 2 nitrogen and oxygen atoms in total. The van der Waals surface area contributed by atoms with Gasteiger partial charge in [0, 0.05) is 30.3 Å². The Morgan fingerprint density at radius 3 is 2.70 bits per heavy atom. The molecule has 0 aliphatic heterocycles. The Bertz CT molecular complexity index is 586. The van der Waals surface area contributed by atoms with Crippen LogP contribution in [0.1, 0.15) is 11.1 Å². The van der Waals surface area contributed by atoms with Crippen molar-refractivity contribution >= 4 is 21.6 Å². The van der Waals surface area contributed by atoms with Crippen molar-refractivity contribution in [3.63, 3.8) is 0 Å². The molecule has 0 radical (unpaired) electrons. The maximum Gasteiger partial charge on any atom is 0.123 e. The summed E-state index contributed by atoms with van der Waals surface area (Å²) in [6, 6.07) is 12.9. The van der Waals surface area contributed by atoms with Gasteiger partial charge >= 0.3 is 0 Å². The third kappa shape index (κ3) is 3.81. The highest BCUT2D eigenvalue weighted by molar-refractivity contribution is 9.10. The van der Waals surface area contributed by atoms with Gasteiger partial charge in [0.05, 0.1) is 0 Å². The molecular weight excluding hydrogens is 319 g/mol. The molecule has 0 amide bonds. The van der Waals surface area contributed by atoms with E-state index in [-0.39, 0.29) is 5.82 Å². The van der Waals surface area contributed by atoms with Crippen LogP contribution in [0.15, 0.2) is 46.9 Å². The minimum absolute atomic E-state index is 0.194. The van der Waals surface area contributed by atoms with E-state index < -0.39 is 0 Å². The summed E-state index contributed by atoms with van der Waals surface area (Å²) in [5, 5.41) is 3.17. The van der Waals surface area contributed by atoms with Crippen LogP contribution in [0.25, 0.3) is 0 Å². The zero-order valence-electron chi connectivity index (χ0n) is 11.7. The van der Waals surface area contributed by atoms with E-state index in [1.807, 2.05) is 26.2 Å². The Hall–Kier alpha value is -1.39. The molecule has 0 bridgehead atoms. The first kappa shape index (κ1) is 15.0. The van der Waals surface area contributed by atoms with E-state index in [4.69, 9.17) is 0 Å². The number of nitrogens with zero attached hydrogens (tertiary/aromatic N) is 1. The van der Waals surface area contributed by atoms with Crippen LogP contribution in [0.2, 0.25) is 0 Å². The van der Waals surface area contributed by atoms with Crippen LogP contribution < -0.4 is 10.2 Å². The van der Waals surface area contributed by atoms with Gasteiger partial charge in [0.2, 0.25) is 0 Å². The van der Waals surface area contributed by atoms with Crippen molar-refractivity contribution in [3.05, 3.63) is 63.9 Å². The van der Waals surface area contributed by atoms with Gasteiger partial charge in [-0.15, -0.1) is 0 Å². The molecule has 20 heavy (non-hydrogen) atoms. The molecule has 106 valence electrons. The molecular formula is C16H18BrFN2. The summed E-state index contributed by atoms with van der Waals surface area (Å²) >= 11 is 3.51. The van der Waals surface area contributed by atoms with Gasteiger partial charge in [-0.2, -0.15) is 0 Å². The van der Waals surface area contributed by atoms with Gasteiger partial charge in [-0.25, -0.2) is 4.39 Å². The Morgan fingerprint density at radius 2 is 2.00 bits per heavy atom. The SMILES string of the molecule is CNCc1ccc(Br)cc1N(C)Cc1cccc(F)c1. The molecule has 0 unspecified atom stereocenters. The minimum Gasteiger partial charge on any atom is -0.370 e. The van der Waals surface area contributed by atoms with Crippen molar-refractivity contribution in [3.8, 4) is 0 Å². The first-order valence-electron chi connectivity index (χ1n) is 6.49. The Labute approximate surface area is 127 Å². The molecule has 0 saturated heterocycles. The lowest BCUT2D eigenvalue weighted by Gasteiger charge is -2.23. The maximum atomic E-state index is 13.2. The van der Waals surface area contributed by atoms with Crippen LogP contribution in [-0.2, 0) is 13.1 Å². The smallest absolute Gasteiger partial charge is 0.123 e. The minimum atomic E-state index is -0.194. The molecule has 4 heteroatoms. The normalized spacial score (nSPS) is 10.6. The van der Waals surface area contributed by atoms with E-state index >= 15 is 0 Å². The summed E-state index contributed by atoms with van der Waals surface area (Å²) in [6.07, 6.45) is 0. The number of benzene rings is 2. The second-order valence-corrected chi connectivity index (χ2v) is 5.71. The fourth-order valence-electron chi connectivity index (χ4n) is 2.23. The van der Waals surface area contributed by atoms with Gasteiger partial charge in [0.15, 0.2) is 0 Å². The van der Waals surface area contributed by atoms with E-state index in [0.717, 1.165) is 22.3 Å². The summed E-state index contributed by atoms with van der Waals surface area (Å²) in [7, 11) is 3.95. The van der Waals surface area contributed by atoms with E-state index in [1.54, 1.807) is 12.1 Å². The lowest BCUT2D eigenvalue weighted by molar-refractivity contribution is 0.625. The average Bonchev–Trinajstić information content (AvgIpc) is 2.41. The number of nitrogens with one attached hydrogen (secondary N) is 1. The largest absolute Gasteiger partial charge is 0.370 e. The van der Waals surface area contributed by atoms with Crippen molar-refractivity contribution < 1.29 is 4.39 Å². The predicted octanol–water partition coefficient (Wildman–Crippen LogP) is 3.94. The lowest BCUT2D eigenvalue weighted by Crippen LogP contribution is -2.19. The second kappa shape index (κ2) is 6.86. The lowest BCUT2D eigenvalue weighted by atomic mass is 10.1. The fraction of sp³-hybridized carbons (Fsp3) is 0.250. The first-order valence-corrected chi connectivity index (χ1v) is 7.28. The summed E-state index contributed by atoms with van der Waals surface area (Å²) in [5.74, 6) is -0.194. The zero-order chi connectivity index (χ0) is 14.5. The molecule has 0 saturated carbocycles. The van der Waals surface area contributed by atoms with Crippen LogP contribution in [0, 0.1) is 5.82 Å². The number of rotatable bonds is 5. The van der Waals surface area contributed by atoms with E-state index in [2.05, 4.69) is 38.3 Å². The molecule has 1 N–H and O–H groups in total. The molecule has 0 fully saturated rings. The summed E-state index contributed by atoms with van der Waals surface area (Å²) < 4.78 is 14.3. The summed E-state index contributed by atoms with van der Waals surface area (Å²) in [5.41, 5.74) is 3.32. The predicted molar refractivity (Wildman–Crippen MR) is 85.4 cm³/mol. The fourth-order valence-corrected chi connectivity index (χ4v) is 2.58. The van der Waals surface area contributed by atoms with Crippen LogP contribution in [-0.4, -0.2) is 14.1 Å². The third-order valence-corrected chi connectivity index (χ3v) is 3.63. The second-order valence-electron chi connectivity index (χ2n) is 4.79. The van der Waals surface area contributed by atoms with Crippen LogP contribution in [0.3, 0.4) is 0 Å². The van der Waals surface area contributed by atoms with Crippen LogP contribution in [0.4, 0.5) is 10.1 Å². The number of anilines is 1. The monoisotopic (exact) mass is 336 g/mol. The molecule has 0 heterocycles. The Balaban J connectivity index is 2.23. The van der Waals surface area contributed by atoms with Gasteiger partial charge in [0.25, 0.3) is 0 Å². The topological polar surface area (TPSA) is 15.3 Å². The molecule has 0 spiro atoms. The van der Waals surface area contributed by atoms with Gasteiger partial charge in [-0.1, -0.05) is 34.1 Å².